The molecular weight excluding hydrogens is 345 g/mol. The lowest BCUT2D eigenvalue weighted by Crippen LogP contribution is -2.12. The predicted octanol–water partition coefficient (Wildman–Crippen LogP) is 4.60. The molecule has 0 saturated heterocycles. The molecule has 1 N–H and O–H groups in total. The number of aromatic nitrogens is 2. The Morgan fingerprint density at radius 1 is 1.04 bits per heavy atom. The average Bonchev–Trinajstić information content (AvgIpc) is 3.16. The summed E-state index contributed by atoms with van der Waals surface area (Å²) in [6, 6.07) is 15.6. The van der Waals surface area contributed by atoms with Crippen LogP contribution in [0, 0.1) is 5.82 Å². The number of hydrogen-bond donors (Lipinski definition) is 1. The number of rotatable bonds is 5. The number of fused-ring (bicyclic) bond motifs is 1. The molecule has 0 aliphatic heterocycles. The van der Waals surface area contributed by atoms with E-state index in [4.69, 9.17) is 4.42 Å². The fraction of sp³-hybridized carbons (Fsp3) is 0.0952. The molecule has 0 spiro atoms. The van der Waals surface area contributed by atoms with Crippen LogP contribution < -0.4 is 5.32 Å². The molecular formula is C21H16FN3O2. The zero-order valence-electron chi connectivity index (χ0n) is 14.4. The lowest BCUT2D eigenvalue weighted by Gasteiger charge is -2.07. The number of pyridine rings is 1. The molecule has 1 amide bonds. The van der Waals surface area contributed by atoms with Gasteiger partial charge < -0.3 is 9.73 Å². The number of halogens is 1. The number of aryl methyl sites for hydroxylation is 1. The van der Waals surface area contributed by atoms with Gasteiger partial charge in [-0.15, -0.1) is 0 Å². The highest BCUT2D eigenvalue weighted by Gasteiger charge is 2.12. The van der Waals surface area contributed by atoms with E-state index in [-0.39, 0.29) is 18.1 Å². The molecule has 2 aromatic carbocycles. The number of nitrogens with one attached hydrogen (secondary N) is 1. The van der Waals surface area contributed by atoms with Crippen LogP contribution in [0.4, 0.5) is 10.1 Å². The Morgan fingerprint density at radius 3 is 2.81 bits per heavy atom. The molecule has 4 rings (SSSR count). The monoisotopic (exact) mass is 361 g/mol. The van der Waals surface area contributed by atoms with Gasteiger partial charge in [-0.25, -0.2) is 9.37 Å². The fourth-order valence-corrected chi connectivity index (χ4v) is 2.86. The van der Waals surface area contributed by atoms with Crippen LogP contribution in [0.2, 0.25) is 0 Å². The van der Waals surface area contributed by atoms with Crippen molar-refractivity contribution in [2.75, 3.05) is 5.32 Å². The standard InChI is InChI=1S/C21H16FN3O2/c22-16-7-2-1-5-14(16)19-13-24-21(27-19)11-10-20(26)25-18-9-3-8-17-15(18)6-4-12-23-17/h1-9,12-13H,10-11H2,(H,25,26). The van der Waals surface area contributed by atoms with Crippen molar-refractivity contribution in [1.82, 2.24) is 9.97 Å². The van der Waals surface area contributed by atoms with Gasteiger partial charge in [0.25, 0.3) is 0 Å². The quantitative estimate of drug-likeness (QED) is 0.564. The van der Waals surface area contributed by atoms with Crippen molar-refractivity contribution in [2.24, 2.45) is 0 Å². The normalized spacial score (nSPS) is 10.9. The van der Waals surface area contributed by atoms with E-state index in [1.807, 2.05) is 30.3 Å². The fourth-order valence-electron chi connectivity index (χ4n) is 2.86. The minimum Gasteiger partial charge on any atom is -0.441 e. The van der Waals surface area contributed by atoms with Crippen LogP contribution in [0.5, 0.6) is 0 Å². The Morgan fingerprint density at radius 2 is 1.93 bits per heavy atom. The smallest absolute Gasteiger partial charge is 0.224 e. The minimum absolute atomic E-state index is 0.156. The molecule has 0 atom stereocenters. The average molecular weight is 361 g/mol. The third-order valence-electron chi connectivity index (χ3n) is 4.18. The summed E-state index contributed by atoms with van der Waals surface area (Å²) in [5, 5.41) is 3.78. The number of carbonyl (C=O) groups excluding carboxylic acids is 1. The summed E-state index contributed by atoms with van der Waals surface area (Å²) >= 11 is 0. The second-order valence-corrected chi connectivity index (χ2v) is 6.02. The number of nitrogens with zero attached hydrogens (tertiary/aromatic N) is 2. The Hall–Kier alpha value is -3.54. The Kier molecular flexibility index (Phi) is 4.61. The molecule has 2 aromatic heterocycles. The first-order valence-corrected chi connectivity index (χ1v) is 8.54. The molecule has 27 heavy (non-hydrogen) atoms. The van der Waals surface area contributed by atoms with Crippen molar-refractivity contribution in [3.63, 3.8) is 0 Å². The van der Waals surface area contributed by atoms with Gasteiger partial charge >= 0.3 is 0 Å². The molecule has 0 fully saturated rings. The summed E-state index contributed by atoms with van der Waals surface area (Å²) in [5.41, 5.74) is 1.88. The lowest BCUT2D eigenvalue weighted by molar-refractivity contribution is -0.116. The van der Waals surface area contributed by atoms with Gasteiger partial charge in [0.1, 0.15) is 5.82 Å². The van der Waals surface area contributed by atoms with E-state index in [1.54, 1.807) is 24.4 Å². The maximum absolute atomic E-state index is 13.8. The van der Waals surface area contributed by atoms with Gasteiger partial charge in [0, 0.05) is 24.4 Å². The van der Waals surface area contributed by atoms with Crippen LogP contribution in [0.1, 0.15) is 12.3 Å². The summed E-state index contributed by atoms with van der Waals surface area (Å²) in [7, 11) is 0. The van der Waals surface area contributed by atoms with Crippen molar-refractivity contribution >= 4 is 22.5 Å². The van der Waals surface area contributed by atoms with E-state index in [1.165, 1.54) is 12.3 Å². The summed E-state index contributed by atoms with van der Waals surface area (Å²) in [6.45, 7) is 0. The van der Waals surface area contributed by atoms with E-state index in [2.05, 4.69) is 15.3 Å². The van der Waals surface area contributed by atoms with Crippen molar-refractivity contribution in [1.29, 1.82) is 0 Å². The van der Waals surface area contributed by atoms with E-state index in [9.17, 15) is 9.18 Å². The maximum Gasteiger partial charge on any atom is 0.224 e. The third-order valence-corrected chi connectivity index (χ3v) is 4.18. The predicted molar refractivity (Wildman–Crippen MR) is 101 cm³/mol. The van der Waals surface area contributed by atoms with Crippen LogP contribution >= 0.6 is 0 Å². The van der Waals surface area contributed by atoms with E-state index in [0.717, 1.165) is 10.9 Å². The van der Waals surface area contributed by atoms with Crippen LogP contribution in [0.3, 0.4) is 0 Å². The molecule has 0 aliphatic rings. The second kappa shape index (κ2) is 7.37. The van der Waals surface area contributed by atoms with Gasteiger partial charge in [0.15, 0.2) is 11.7 Å². The van der Waals surface area contributed by atoms with Crippen molar-refractivity contribution in [3.8, 4) is 11.3 Å². The second-order valence-electron chi connectivity index (χ2n) is 6.02. The Bertz CT molecular complexity index is 1100. The molecule has 0 aliphatic carbocycles. The summed E-state index contributed by atoms with van der Waals surface area (Å²) in [4.78, 5) is 20.7. The molecule has 4 aromatic rings. The van der Waals surface area contributed by atoms with Gasteiger partial charge in [-0.3, -0.25) is 9.78 Å². The third kappa shape index (κ3) is 3.69. The molecule has 0 unspecified atom stereocenters. The number of hydrogen-bond acceptors (Lipinski definition) is 4. The molecule has 0 radical (unpaired) electrons. The van der Waals surface area contributed by atoms with Gasteiger partial charge in [-0.05, 0) is 36.4 Å². The van der Waals surface area contributed by atoms with E-state index >= 15 is 0 Å². The van der Waals surface area contributed by atoms with Crippen molar-refractivity contribution in [3.05, 3.63) is 78.7 Å². The lowest BCUT2D eigenvalue weighted by atomic mass is 10.1. The first-order valence-electron chi connectivity index (χ1n) is 8.54. The van der Waals surface area contributed by atoms with Gasteiger partial charge in [-0.2, -0.15) is 0 Å². The largest absolute Gasteiger partial charge is 0.441 e. The minimum atomic E-state index is -0.373. The van der Waals surface area contributed by atoms with Crippen LogP contribution in [-0.2, 0) is 11.2 Å². The number of carbonyl (C=O) groups is 1. The molecule has 2 heterocycles. The first kappa shape index (κ1) is 16.9. The van der Waals surface area contributed by atoms with Crippen LogP contribution in [0.25, 0.3) is 22.2 Å². The zero-order valence-corrected chi connectivity index (χ0v) is 14.4. The number of oxazole rings is 1. The number of amides is 1. The summed E-state index contributed by atoms with van der Waals surface area (Å²) in [6.07, 6.45) is 3.71. The van der Waals surface area contributed by atoms with Gasteiger partial charge in [0.05, 0.1) is 23.0 Å². The zero-order chi connectivity index (χ0) is 18.6. The van der Waals surface area contributed by atoms with Gasteiger partial charge in [0.2, 0.25) is 5.91 Å². The summed E-state index contributed by atoms with van der Waals surface area (Å²) in [5.74, 6) is 0.214. The molecule has 6 heteroatoms. The van der Waals surface area contributed by atoms with Crippen molar-refractivity contribution < 1.29 is 13.6 Å². The number of anilines is 1. The molecule has 0 saturated carbocycles. The van der Waals surface area contributed by atoms with Crippen LogP contribution in [0.15, 0.2) is 71.4 Å². The highest BCUT2D eigenvalue weighted by molar-refractivity contribution is 6.00. The van der Waals surface area contributed by atoms with Gasteiger partial charge in [-0.1, -0.05) is 18.2 Å². The van der Waals surface area contributed by atoms with Crippen molar-refractivity contribution in [2.45, 2.75) is 12.8 Å². The maximum atomic E-state index is 13.8. The first-order chi connectivity index (χ1) is 13.2. The van der Waals surface area contributed by atoms with E-state index in [0.29, 0.717) is 29.3 Å². The Balaban J connectivity index is 1.42. The number of benzene rings is 2. The molecule has 5 nitrogen and oxygen atoms in total. The van der Waals surface area contributed by atoms with Crippen LogP contribution in [-0.4, -0.2) is 15.9 Å². The Labute approximate surface area is 154 Å². The summed E-state index contributed by atoms with van der Waals surface area (Å²) < 4.78 is 19.4. The molecule has 134 valence electrons. The highest BCUT2D eigenvalue weighted by Crippen LogP contribution is 2.24. The van der Waals surface area contributed by atoms with E-state index < -0.39 is 0 Å². The SMILES string of the molecule is O=C(CCc1ncc(-c2ccccc2F)o1)Nc1cccc2ncccc12. The topological polar surface area (TPSA) is 68.0 Å². The molecule has 0 bridgehead atoms. The highest BCUT2D eigenvalue weighted by atomic mass is 19.1.